The minimum atomic E-state index is 0.316. The van der Waals surface area contributed by atoms with Crippen molar-refractivity contribution in [3.8, 4) is 0 Å². The zero-order chi connectivity index (χ0) is 11.4. The Kier molecular flexibility index (Phi) is 4.83. The van der Waals surface area contributed by atoms with Crippen LogP contribution in [0, 0.1) is 0 Å². The van der Waals surface area contributed by atoms with E-state index in [0.29, 0.717) is 16.2 Å². The summed E-state index contributed by atoms with van der Waals surface area (Å²) in [6.45, 7) is 4.06. The molecule has 0 aliphatic heterocycles. The summed E-state index contributed by atoms with van der Waals surface area (Å²) in [7, 11) is 0. The molecule has 1 aromatic carbocycles. The van der Waals surface area contributed by atoms with E-state index in [-0.39, 0.29) is 0 Å². The Morgan fingerprint density at radius 1 is 1.47 bits per heavy atom. The standard InChI is InChI=1S/C10H12BrClN2S/c1-6(2)13-10(15)14-7-3-4-8(11)9(12)5-7/h3-6H,1-2H3,(H2,13,14,15). The first-order chi connectivity index (χ1) is 6.99. The van der Waals surface area contributed by atoms with Crippen LogP contribution in [-0.2, 0) is 0 Å². The monoisotopic (exact) mass is 306 g/mol. The second kappa shape index (κ2) is 5.68. The summed E-state index contributed by atoms with van der Waals surface area (Å²) in [5, 5.41) is 7.41. The van der Waals surface area contributed by atoms with E-state index in [2.05, 4.69) is 26.6 Å². The molecule has 0 atom stereocenters. The van der Waals surface area contributed by atoms with E-state index in [1.807, 2.05) is 32.0 Å². The highest BCUT2D eigenvalue weighted by molar-refractivity contribution is 9.10. The predicted molar refractivity (Wildman–Crippen MR) is 73.6 cm³/mol. The third-order valence-corrected chi connectivity index (χ3v) is 3.05. The van der Waals surface area contributed by atoms with Gasteiger partial charge in [-0.15, -0.1) is 0 Å². The lowest BCUT2D eigenvalue weighted by Gasteiger charge is -2.13. The van der Waals surface area contributed by atoms with Crippen molar-refractivity contribution in [2.75, 3.05) is 5.32 Å². The second-order valence-corrected chi connectivity index (χ2v) is 5.05. The van der Waals surface area contributed by atoms with Gasteiger partial charge in [0.15, 0.2) is 5.11 Å². The molecule has 2 N–H and O–H groups in total. The average molecular weight is 308 g/mol. The van der Waals surface area contributed by atoms with Crippen molar-refractivity contribution >= 4 is 50.5 Å². The van der Waals surface area contributed by atoms with Crippen molar-refractivity contribution in [1.82, 2.24) is 5.32 Å². The maximum atomic E-state index is 5.95. The molecule has 0 radical (unpaired) electrons. The van der Waals surface area contributed by atoms with Crippen molar-refractivity contribution in [2.24, 2.45) is 0 Å². The molecule has 5 heteroatoms. The molecule has 0 saturated carbocycles. The summed E-state index contributed by atoms with van der Waals surface area (Å²) in [4.78, 5) is 0. The zero-order valence-electron chi connectivity index (χ0n) is 8.47. The first kappa shape index (κ1) is 12.7. The largest absolute Gasteiger partial charge is 0.360 e. The molecule has 0 spiro atoms. The topological polar surface area (TPSA) is 24.1 Å². The number of rotatable bonds is 2. The molecule has 0 aromatic heterocycles. The fraction of sp³-hybridized carbons (Fsp3) is 0.300. The summed E-state index contributed by atoms with van der Waals surface area (Å²) in [5.74, 6) is 0. The second-order valence-electron chi connectivity index (χ2n) is 3.38. The number of hydrogen-bond acceptors (Lipinski definition) is 1. The van der Waals surface area contributed by atoms with Gasteiger partial charge in [-0.25, -0.2) is 0 Å². The highest BCUT2D eigenvalue weighted by Gasteiger charge is 2.01. The molecule has 0 aliphatic carbocycles. The first-order valence-electron chi connectivity index (χ1n) is 4.51. The fourth-order valence-electron chi connectivity index (χ4n) is 1.00. The molecule has 1 aromatic rings. The van der Waals surface area contributed by atoms with Crippen LogP contribution in [-0.4, -0.2) is 11.2 Å². The molecule has 15 heavy (non-hydrogen) atoms. The van der Waals surface area contributed by atoms with Crippen molar-refractivity contribution in [3.63, 3.8) is 0 Å². The van der Waals surface area contributed by atoms with E-state index >= 15 is 0 Å². The summed E-state index contributed by atoms with van der Waals surface area (Å²) in [6.07, 6.45) is 0. The van der Waals surface area contributed by atoms with Gasteiger partial charge in [-0.05, 0) is 60.2 Å². The van der Waals surface area contributed by atoms with Crippen LogP contribution >= 0.6 is 39.7 Å². The van der Waals surface area contributed by atoms with Crippen molar-refractivity contribution in [1.29, 1.82) is 0 Å². The Labute approximate surface area is 109 Å². The Morgan fingerprint density at radius 2 is 2.13 bits per heavy atom. The van der Waals surface area contributed by atoms with E-state index in [0.717, 1.165) is 10.2 Å². The van der Waals surface area contributed by atoms with E-state index < -0.39 is 0 Å². The van der Waals surface area contributed by atoms with Gasteiger partial charge in [0.25, 0.3) is 0 Å². The van der Waals surface area contributed by atoms with Gasteiger partial charge >= 0.3 is 0 Å². The van der Waals surface area contributed by atoms with Crippen LogP contribution in [0.3, 0.4) is 0 Å². The lowest BCUT2D eigenvalue weighted by atomic mass is 10.3. The van der Waals surface area contributed by atoms with Gasteiger partial charge in [-0.2, -0.15) is 0 Å². The third kappa shape index (κ3) is 4.36. The summed E-state index contributed by atoms with van der Waals surface area (Å²) in [6, 6.07) is 5.92. The van der Waals surface area contributed by atoms with Gasteiger partial charge in [0, 0.05) is 16.2 Å². The molecule has 1 rings (SSSR count). The fourth-order valence-corrected chi connectivity index (χ4v) is 1.78. The molecule has 0 saturated heterocycles. The van der Waals surface area contributed by atoms with Gasteiger partial charge in [0.2, 0.25) is 0 Å². The zero-order valence-corrected chi connectivity index (χ0v) is 11.6. The molecule has 0 bridgehead atoms. The predicted octanol–water partition coefficient (Wildman–Crippen LogP) is 3.80. The molecule has 0 heterocycles. The minimum absolute atomic E-state index is 0.316. The van der Waals surface area contributed by atoms with Crippen LogP contribution in [0.4, 0.5) is 5.69 Å². The molecule has 0 amide bonds. The summed E-state index contributed by atoms with van der Waals surface area (Å²) in [5.41, 5.74) is 0.876. The molecule has 82 valence electrons. The van der Waals surface area contributed by atoms with Crippen LogP contribution in [0.25, 0.3) is 0 Å². The van der Waals surface area contributed by atoms with Gasteiger partial charge < -0.3 is 10.6 Å². The van der Waals surface area contributed by atoms with E-state index in [1.54, 1.807) is 0 Å². The van der Waals surface area contributed by atoms with Crippen LogP contribution in [0.15, 0.2) is 22.7 Å². The SMILES string of the molecule is CC(C)NC(=S)Nc1ccc(Br)c(Cl)c1. The van der Waals surface area contributed by atoms with Crippen molar-refractivity contribution < 1.29 is 0 Å². The van der Waals surface area contributed by atoms with E-state index in [1.165, 1.54) is 0 Å². The molecule has 0 aliphatic rings. The maximum absolute atomic E-state index is 5.95. The van der Waals surface area contributed by atoms with Crippen molar-refractivity contribution in [3.05, 3.63) is 27.7 Å². The lowest BCUT2D eigenvalue weighted by Crippen LogP contribution is -2.33. The van der Waals surface area contributed by atoms with Gasteiger partial charge in [0.1, 0.15) is 0 Å². The van der Waals surface area contributed by atoms with Crippen LogP contribution < -0.4 is 10.6 Å². The molecule has 0 unspecified atom stereocenters. The highest BCUT2D eigenvalue weighted by Crippen LogP contribution is 2.25. The molecular formula is C10H12BrClN2S. The quantitative estimate of drug-likeness (QED) is 0.813. The number of thiocarbonyl (C=S) groups is 1. The van der Waals surface area contributed by atoms with E-state index in [4.69, 9.17) is 23.8 Å². The molecule has 2 nitrogen and oxygen atoms in total. The number of anilines is 1. The first-order valence-corrected chi connectivity index (χ1v) is 6.09. The Bertz CT molecular complexity index is 368. The van der Waals surface area contributed by atoms with E-state index in [9.17, 15) is 0 Å². The maximum Gasteiger partial charge on any atom is 0.170 e. The summed E-state index contributed by atoms with van der Waals surface area (Å²) < 4.78 is 0.873. The van der Waals surface area contributed by atoms with Crippen LogP contribution in [0.5, 0.6) is 0 Å². The van der Waals surface area contributed by atoms with Crippen molar-refractivity contribution in [2.45, 2.75) is 19.9 Å². The Morgan fingerprint density at radius 3 is 2.67 bits per heavy atom. The smallest absolute Gasteiger partial charge is 0.170 e. The third-order valence-electron chi connectivity index (χ3n) is 1.60. The molecular weight excluding hydrogens is 296 g/mol. The number of nitrogens with one attached hydrogen (secondary N) is 2. The summed E-state index contributed by atoms with van der Waals surface area (Å²) >= 11 is 14.4. The lowest BCUT2D eigenvalue weighted by molar-refractivity contribution is 0.739. The van der Waals surface area contributed by atoms with Crippen LogP contribution in [0.1, 0.15) is 13.8 Å². The Hall–Kier alpha value is -0.320. The number of halogens is 2. The number of hydrogen-bond donors (Lipinski definition) is 2. The average Bonchev–Trinajstić information content (AvgIpc) is 2.10. The highest BCUT2D eigenvalue weighted by atomic mass is 79.9. The minimum Gasteiger partial charge on any atom is -0.360 e. The normalized spacial score (nSPS) is 10.2. The Balaban J connectivity index is 2.65. The van der Waals surface area contributed by atoms with Gasteiger partial charge in [0.05, 0.1) is 5.02 Å². The molecule has 0 fully saturated rings. The van der Waals surface area contributed by atoms with Crippen LogP contribution in [0.2, 0.25) is 5.02 Å². The van der Waals surface area contributed by atoms with Gasteiger partial charge in [-0.1, -0.05) is 11.6 Å². The van der Waals surface area contributed by atoms with Gasteiger partial charge in [-0.3, -0.25) is 0 Å². The number of benzene rings is 1.